The molecule has 1 fully saturated rings. The number of allylic oxidation sites excluding steroid dienone is 4. The summed E-state index contributed by atoms with van der Waals surface area (Å²) in [7, 11) is 0. The highest BCUT2D eigenvalue weighted by molar-refractivity contribution is 5.47. The Bertz CT molecular complexity index is 268. The minimum Gasteiger partial charge on any atom is -0.0741 e. The van der Waals surface area contributed by atoms with Crippen LogP contribution in [0, 0.1) is 11.8 Å². The monoisotopic (exact) mass is 146 g/mol. The smallest absolute Gasteiger partial charge is 0.00113 e. The van der Waals surface area contributed by atoms with Gasteiger partial charge in [0.2, 0.25) is 0 Å². The van der Waals surface area contributed by atoms with E-state index in [0.717, 1.165) is 11.8 Å². The van der Waals surface area contributed by atoms with Gasteiger partial charge in [-0.05, 0) is 50.0 Å². The molecule has 11 heavy (non-hydrogen) atoms. The Kier molecular flexibility index (Phi) is 0.988. The second-order valence-corrected chi connectivity index (χ2v) is 4.31. The average molecular weight is 146 g/mol. The standard InChI is InChI=1S/C11H14/c1-7-4-9-3-2-8-5-10(7)11(9)6-8/h4,8-9H,2-3,5-6H2,1H3. The van der Waals surface area contributed by atoms with Crippen molar-refractivity contribution < 1.29 is 0 Å². The third kappa shape index (κ3) is 0.654. The number of hydrogen-bond acceptors (Lipinski definition) is 0. The third-order valence-corrected chi connectivity index (χ3v) is 3.65. The summed E-state index contributed by atoms with van der Waals surface area (Å²) in [6, 6.07) is 0. The molecule has 2 bridgehead atoms. The lowest BCUT2D eigenvalue weighted by Crippen LogP contribution is -2.09. The maximum Gasteiger partial charge on any atom is -0.00113 e. The lowest BCUT2D eigenvalue weighted by molar-refractivity contribution is 0.411. The van der Waals surface area contributed by atoms with Gasteiger partial charge in [-0.2, -0.15) is 0 Å². The first-order chi connectivity index (χ1) is 5.34. The van der Waals surface area contributed by atoms with Gasteiger partial charge in [0.05, 0.1) is 0 Å². The zero-order valence-electron chi connectivity index (χ0n) is 7.06. The van der Waals surface area contributed by atoms with Crippen LogP contribution in [0.25, 0.3) is 0 Å². The molecule has 2 atom stereocenters. The van der Waals surface area contributed by atoms with E-state index in [-0.39, 0.29) is 0 Å². The lowest BCUT2D eigenvalue weighted by Gasteiger charge is -2.22. The molecule has 0 amide bonds. The van der Waals surface area contributed by atoms with Crippen molar-refractivity contribution in [1.82, 2.24) is 0 Å². The molecule has 0 N–H and O–H groups in total. The molecule has 0 aromatic rings. The van der Waals surface area contributed by atoms with Crippen molar-refractivity contribution in [2.75, 3.05) is 0 Å². The van der Waals surface area contributed by atoms with Crippen LogP contribution in [0.4, 0.5) is 0 Å². The molecule has 0 nitrogen and oxygen atoms in total. The summed E-state index contributed by atoms with van der Waals surface area (Å²) in [4.78, 5) is 0. The molecule has 0 saturated heterocycles. The van der Waals surface area contributed by atoms with Crippen molar-refractivity contribution in [1.29, 1.82) is 0 Å². The van der Waals surface area contributed by atoms with Gasteiger partial charge in [0.15, 0.2) is 0 Å². The van der Waals surface area contributed by atoms with Gasteiger partial charge in [0, 0.05) is 0 Å². The highest BCUT2D eigenvalue weighted by Crippen LogP contribution is 2.51. The molecule has 0 aromatic heterocycles. The molecule has 2 unspecified atom stereocenters. The largest absolute Gasteiger partial charge is 0.0741 e. The fourth-order valence-corrected chi connectivity index (χ4v) is 3.10. The van der Waals surface area contributed by atoms with Crippen LogP contribution < -0.4 is 0 Å². The molecule has 3 aliphatic carbocycles. The number of hydrogen-bond donors (Lipinski definition) is 0. The Hall–Kier alpha value is -0.520. The Morgan fingerprint density at radius 3 is 3.09 bits per heavy atom. The summed E-state index contributed by atoms with van der Waals surface area (Å²) in [5, 5.41) is 0. The van der Waals surface area contributed by atoms with E-state index in [9.17, 15) is 0 Å². The van der Waals surface area contributed by atoms with Crippen molar-refractivity contribution in [3.8, 4) is 0 Å². The van der Waals surface area contributed by atoms with Crippen molar-refractivity contribution >= 4 is 0 Å². The SMILES string of the molecule is CC1=CC2CCC3CC1=C2C3. The highest BCUT2D eigenvalue weighted by atomic mass is 14.4. The molecule has 0 radical (unpaired) electrons. The van der Waals surface area contributed by atoms with Gasteiger partial charge < -0.3 is 0 Å². The summed E-state index contributed by atoms with van der Waals surface area (Å²) in [5.74, 6) is 1.92. The van der Waals surface area contributed by atoms with E-state index in [1.807, 2.05) is 5.57 Å². The minimum absolute atomic E-state index is 0.878. The van der Waals surface area contributed by atoms with Gasteiger partial charge in [-0.3, -0.25) is 0 Å². The molecule has 0 aromatic carbocycles. The molecular weight excluding hydrogens is 132 g/mol. The Labute approximate surface area is 68.0 Å². The first-order valence-electron chi connectivity index (χ1n) is 4.75. The molecule has 0 heteroatoms. The van der Waals surface area contributed by atoms with Crippen LogP contribution in [-0.4, -0.2) is 0 Å². The topological polar surface area (TPSA) is 0 Å². The molecule has 3 rings (SSSR count). The minimum atomic E-state index is 0.878. The highest BCUT2D eigenvalue weighted by Gasteiger charge is 2.36. The van der Waals surface area contributed by atoms with E-state index in [4.69, 9.17) is 0 Å². The molecule has 58 valence electrons. The number of fused-ring (bicyclic) bond motifs is 1. The van der Waals surface area contributed by atoms with Gasteiger partial charge >= 0.3 is 0 Å². The molecule has 0 heterocycles. The quantitative estimate of drug-likeness (QED) is 0.492. The van der Waals surface area contributed by atoms with Crippen molar-refractivity contribution in [2.45, 2.75) is 32.6 Å². The molecule has 1 saturated carbocycles. The fraction of sp³-hybridized carbons (Fsp3) is 0.636. The molecular formula is C11H14. The van der Waals surface area contributed by atoms with Gasteiger partial charge in [-0.15, -0.1) is 0 Å². The van der Waals surface area contributed by atoms with Crippen LogP contribution in [0.15, 0.2) is 22.8 Å². The first kappa shape index (κ1) is 6.05. The van der Waals surface area contributed by atoms with Crippen LogP contribution >= 0.6 is 0 Å². The average Bonchev–Trinajstić information content (AvgIpc) is 2.45. The van der Waals surface area contributed by atoms with Crippen LogP contribution in [0.3, 0.4) is 0 Å². The lowest BCUT2D eigenvalue weighted by atomic mass is 9.83. The zero-order valence-corrected chi connectivity index (χ0v) is 7.06. The maximum atomic E-state index is 2.50. The molecule has 3 aliphatic rings. The third-order valence-electron chi connectivity index (χ3n) is 3.65. The van der Waals surface area contributed by atoms with Crippen LogP contribution in [-0.2, 0) is 0 Å². The predicted octanol–water partition coefficient (Wildman–Crippen LogP) is 3.06. The van der Waals surface area contributed by atoms with Crippen molar-refractivity contribution in [2.24, 2.45) is 11.8 Å². The predicted molar refractivity (Wildman–Crippen MR) is 46.2 cm³/mol. The zero-order chi connectivity index (χ0) is 7.42. The van der Waals surface area contributed by atoms with Gasteiger partial charge in [0.1, 0.15) is 0 Å². The Morgan fingerprint density at radius 2 is 2.18 bits per heavy atom. The summed E-state index contributed by atoms with van der Waals surface area (Å²) in [6.45, 7) is 2.29. The van der Waals surface area contributed by atoms with E-state index in [1.165, 1.54) is 25.7 Å². The van der Waals surface area contributed by atoms with Crippen LogP contribution in [0.2, 0.25) is 0 Å². The van der Waals surface area contributed by atoms with E-state index >= 15 is 0 Å². The number of rotatable bonds is 0. The van der Waals surface area contributed by atoms with E-state index in [2.05, 4.69) is 13.0 Å². The van der Waals surface area contributed by atoms with E-state index in [0.29, 0.717) is 0 Å². The van der Waals surface area contributed by atoms with Crippen molar-refractivity contribution in [3.05, 3.63) is 22.8 Å². The van der Waals surface area contributed by atoms with Crippen LogP contribution in [0.5, 0.6) is 0 Å². The maximum absolute atomic E-state index is 2.50. The van der Waals surface area contributed by atoms with Gasteiger partial charge in [-0.25, -0.2) is 0 Å². The normalized spacial score (nSPS) is 39.9. The Morgan fingerprint density at radius 1 is 1.27 bits per heavy atom. The second kappa shape index (κ2) is 1.80. The summed E-state index contributed by atoms with van der Waals surface area (Å²) < 4.78 is 0. The fourth-order valence-electron chi connectivity index (χ4n) is 3.10. The Balaban J connectivity index is 2.12. The summed E-state index contributed by atoms with van der Waals surface area (Å²) in [5.41, 5.74) is 5.17. The summed E-state index contributed by atoms with van der Waals surface area (Å²) >= 11 is 0. The van der Waals surface area contributed by atoms with E-state index < -0.39 is 0 Å². The first-order valence-corrected chi connectivity index (χ1v) is 4.75. The summed E-state index contributed by atoms with van der Waals surface area (Å²) in [6.07, 6.45) is 8.28. The van der Waals surface area contributed by atoms with Gasteiger partial charge in [-0.1, -0.05) is 17.2 Å². The molecule has 0 spiro atoms. The second-order valence-electron chi connectivity index (χ2n) is 4.31. The molecule has 0 aliphatic heterocycles. The van der Waals surface area contributed by atoms with Gasteiger partial charge in [0.25, 0.3) is 0 Å². The van der Waals surface area contributed by atoms with Crippen LogP contribution in [0.1, 0.15) is 32.6 Å². The van der Waals surface area contributed by atoms with E-state index in [1.54, 1.807) is 11.1 Å². The van der Waals surface area contributed by atoms with Crippen molar-refractivity contribution in [3.63, 3.8) is 0 Å².